The summed E-state index contributed by atoms with van der Waals surface area (Å²) in [4.78, 5) is 23.6. The van der Waals surface area contributed by atoms with Crippen molar-refractivity contribution in [3.8, 4) is 0 Å². The second kappa shape index (κ2) is 7.13. The number of hydrogen-bond donors (Lipinski definition) is 1. The van der Waals surface area contributed by atoms with Gasteiger partial charge < -0.3 is 14.5 Å². The van der Waals surface area contributed by atoms with E-state index in [1.165, 1.54) is 12.3 Å². The van der Waals surface area contributed by atoms with Gasteiger partial charge in [0.05, 0.1) is 12.3 Å². The Bertz CT molecular complexity index is 680. The second-order valence-electron chi connectivity index (χ2n) is 4.81. The minimum atomic E-state index is -0.586. The Morgan fingerprint density at radius 3 is 2.77 bits per heavy atom. The van der Waals surface area contributed by atoms with Gasteiger partial charge in [-0.3, -0.25) is 4.79 Å². The Morgan fingerprint density at radius 2 is 2.14 bits per heavy atom. The summed E-state index contributed by atoms with van der Waals surface area (Å²) in [5, 5.41) is 3.34. The summed E-state index contributed by atoms with van der Waals surface area (Å²) in [6.45, 7) is 3.12. The average molecular weight is 322 g/mol. The van der Waals surface area contributed by atoms with Crippen molar-refractivity contribution < 1.29 is 18.7 Å². The van der Waals surface area contributed by atoms with Gasteiger partial charge in [-0.1, -0.05) is 23.7 Å². The van der Waals surface area contributed by atoms with Crippen molar-refractivity contribution in [2.75, 3.05) is 6.61 Å². The first-order valence-corrected chi connectivity index (χ1v) is 7.11. The largest absolute Gasteiger partial charge is 0.469 e. The molecule has 0 spiro atoms. The lowest BCUT2D eigenvalue weighted by Gasteiger charge is -2.14. The standard InChI is InChI=1S/C16H16ClNO4/c1-10(12-4-3-5-13(17)8-12)18-15(19)9-22-16(20)14-6-7-21-11(14)2/h3-8,10H,9H2,1-2H3,(H,18,19). The lowest BCUT2D eigenvalue weighted by Crippen LogP contribution is -2.31. The van der Waals surface area contributed by atoms with Crippen LogP contribution in [0.25, 0.3) is 0 Å². The highest BCUT2D eigenvalue weighted by atomic mass is 35.5. The monoisotopic (exact) mass is 321 g/mol. The molecule has 0 aliphatic carbocycles. The Kier molecular flexibility index (Phi) is 5.22. The zero-order valence-corrected chi connectivity index (χ0v) is 13.0. The first-order valence-electron chi connectivity index (χ1n) is 6.73. The van der Waals surface area contributed by atoms with Gasteiger partial charge in [-0.05, 0) is 37.6 Å². The fraction of sp³-hybridized carbons (Fsp3) is 0.250. The number of carbonyl (C=O) groups excluding carboxylic acids is 2. The summed E-state index contributed by atoms with van der Waals surface area (Å²) < 4.78 is 9.96. The Morgan fingerprint density at radius 1 is 1.36 bits per heavy atom. The first-order chi connectivity index (χ1) is 10.5. The summed E-state index contributed by atoms with van der Waals surface area (Å²) in [5.74, 6) is -0.517. The summed E-state index contributed by atoms with van der Waals surface area (Å²) >= 11 is 5.91. The molecule has 5 nitrogen and oxygen atoms in total. The molecule has 1 atom stereocenters. The highest BCUT2D eigenvalue weighted by Gasteiger charge is 2.16. The zero-order chi connectivity index (χ0) is 16.1. The van der Waals surface area contributed by atoms with Crippen LogP contribution in [0.1, 0.15) is 34.6 Å². The highest BCUT2D eigenvalue weighted by Crippen LogP contribution is 2.17. The van der Waals surface area contributed by atoms with Crippen LogP contribution in [0.5, 0.6) is 0 Å². The van der Waals surface area contributed by atoms with Gasteiger partial charge in [0.1, 0.15) is 11.3 Å². The van der Waals surface area contributed by atoms with E-state index in [1.54, 1.807) is 19.1 Å². The molecule has 0 saturated heterocycles. The van der Waals surface area contributed by atoms with Gasteiger partial charge in [0.25, 0.3) is 5.91 Å². The lowest BCUT2D eigenvalue weighted by molar-refractivity contribution is -0.124. The Labute approximate surface area is 133 Å². The number of halogens is 1. The molecule has 1 heterocycles. The van der Waals surface area contributed by atoms with E-state index in [0.717, 1.165) is 5.56 Å². The molecule has 0 aliphatic rings. The van der Waals surface area contributed by atoms with E-state index in [2.05, 4.69) is 5.32 Å². The van der Waals surface area contributed by atoms with Crippen molar-refractivity contribution in [3.05, 3.63) is 58.5 Å². The van der Waals surface area contributed by atoms with Crippen LogP contribution in [0, 0.1) is 6.92 Å². The van der Waals surface area contributed by atoms with Gasteiger partial charge in [-0.25, -0.2) is 4.79 Å². The molecule has 2 rings (SSSR count). The molecular weight excluding hydrogens is 306 g/mol. The molecule has 1 N–H and O–H groups in total. The fourth-order valence-corrected chi connectivity index (χ4v) is 2.15. The Balaban J connectivity index is 1.85. The van der Waals surface area contributed by atoms with Crippen molar-refractivity contribution in [3.63, 3.8) is 0 Å². The number of nitrogens with one attached hydrogen (secondary N) is 1. The molecule has 1 amide bonds. The lowest BCUT2D eigenvalue weighted by atomic mass is 10.1. The van der Waals surface area contributed by atoms with E-state index in [1.807, 2.05) is 19.1 Å². The number of furan rings is 1. The molecule has 0 fully saturated rings. The number of ether oxygens (including phenoxy) is 1. The molecule has 0 radical (unpaired) electrons. The predicted octanol–water partition coefficient (Wildman–Crippen LogP) is 3.28. The molecular formula is C16H16ClNO4. The molecule has 2 aromatic rings. The van der Waals surface area contributed by atoms with Crippen molar-refractivity contribution >= 4 is 23.5 Å². The van der Waals surface area contributed by atoms with Gasteiger partial charge in [0, 0.05) is 5.02 Å². The molecule has 22 heavy (non-hydrogen) atoms. The number of hydrogen-bond acceptors (Lipinski definition) is 4. The smallest absolute Gasteiger partial charge is 0.342 e. The third-order valence-corrected chi connectivity index (χ3v) is 3.37. The van der Waals surface area contributed by atoms with E-state index in [-0.39, 0.29) is 18.6 Å². The normalized spacial score (nSPS) is 11.8. The van der Waals surface area contributed by atoms with Crippen molar-refractivity contribution in [1.82, 2.24) is 5.32 Å². The topological polar surface area (TPSA) is 68.5 Å². The van der Waals surface area contributed by atoms with Gasteiger partial charge in [0.15, 0.2) is 6.61 Å². The number of aryl methyl sites for hydroxylation is 1. The van der Waals surface area contributed by atoms with Crippen molar-refractivity contribution in [2.24, 2.45) is 0 Å². The predicted molar refractivity (Wildman–Crippen MR) is 81.7 cm³/mol. The zero-order valence-electron chi connectivity index (χ0n) is 12.3. The van der Waals surface area contributed by atoms with Gasteiger partial charge in [0.2, 0.25) is 0 Å². The maximum absolute atomic E-state index is 11.8. The van der Waals surface area contributed by atoms with E-state index in [9.17, 15) is 9.59 Å². The van der Waals surface area contributed by atoms with Gasteiger partial charge in [-0.15, -0.1) is 0 Å². The maximum atomic E-state index is 11.8. The molecule has 6 heteroatoms. The summed E-state index contributed by atoms with van der Waals surface area (Å²) in [5.41, 5.74) is 1.19. The van der Waals surface area contributed by atoms with Crippen LogP contribution in [-0.2, 0) is 9.53 Å². The van der Waals surface area contributed by atoms with Crippen LogP contribution in [0.15, 0.2) is 41.0 Å². The third-order valence-electron chi connectivity index (χ3n) is 3.14. The molecule has 1 aromatic heterocycles. The van der Waals surface area contributed by atoms with E-state index in [4.69, 9.17) is 20.8 Å². The number of esters is 1. The van der Waals surface area contributed by atoms with Gasteiger partial charge in [-0.2, -0.15) is 0 Å². The first kappa shape index (κ1) is 16.1. The second-order valence-corrected chi connectivity index (χ2v) is 5.25. The number of carbonyl (C=O) groups is 2. The number of amides is 1. The summed E-state index contributed by atoms with van der Waals surface area (Å²) in [7, 11) is 0. The van der Waals surface area contributed by atoms with E-state index >= 15 is 0 Å². The van der Waals surface area contributed by atoms with Gasteiger partial charge >= 0.3 is 5.97 Å². The van der Waals surface area contributed by atoms with Crippen molar-refractivity contribution in [1.29, 1.82) is 0 Å². The van der Waals surface area contributed by atoms with Crippen LogP contribution in [0.2, 0.25) is 5.02 Å². The molecule has 0 aliphatic heterocycles. The number of benzene rings is 1. The molecule has 1 aromatic carbocycles. The fourth-order valence-electron chi connectivity index (χ4n) is 1.95. The van der Waals surface area contributed by atoms with Crippen molar-refractivity contribution in [2.45, 2.75) is 19.9 Å². The maximum Gasteiger partial charge on any atom is 0.342 e. The number of rotatable bonds is 5. The highest BCUT2D eigenvalue weighted by molar-refractivity contribution is 6.30. The summed E-state index contributed by atoms with van der Waals surface area (Å²) in [6.07, 6.45) is 1.40. The average Bonchev–Trinajstić information content (AvgIpc) is 2.91. The van der Waals surface area contributed by atoms with Crippen LogP contribution >= 0.6 is 11.6 Å². The SMILES string of the molecule is Cc1occc1C(=O)OCC(=O)NC(C)c1cccc(Cl)c1. The van der Waals surface area contributed by atoms with Crippen LogP contribution < -0.4 is 5.32 Å². The molecule has 0 bridgehead atoms. The quantitative estimate of drug-likeness (QED) is 0.858. The van der Waals surface area contributed by atoms with E-state index in [0.29, 0.717) is 16.3 Å². The minimum Gasteiger partial charge on any atom is -0.469 e. The Hall–Kier alpha value is -2.27. The summed E-state index contributed by atoms with van der Waals surface area (Å²) in [6, 6.07) is 8.46. The van der Waals surface area contributed by atoms with Crippen LogP contribution in [0.4, 0.5) is 0 Å². The van der Waals surface area contributed by atoms with Crippen LogP contribution in [-0.4, -0.2) is 18.5 Å². The third kappa shape index (κ3) is 4.11. The van der Waals surface area contributed by atoms with E-state index < -0.39 is 5.97 Å². The molecule has 0 saturated carbocycles. The molecule has 116 valence electrons. The minimum absolute atomic E-state index is 0.236. The van der Waals surface area contributed by atoms with Crippen LogP contribution in [0.3, 0.4) is 0 Å². The molecule has 1 unspecified atom stereocenters.